The van der Waals surface area contributed by atoms with Gasteiger partial charge in [0.2, 0.25) is 0 Å². The predicted molar refractivity (Wildman–Crippen MR) is 65.8 cm³/mol. The fourth-order valence-electron chi connectivity index (χ4n) is 1.60. The summed E-state index contributed by atoms with van der Waals surface area (Å²) in [5.74, 6) is 0.765. The predicted octanol–water partition coefficient (Wildman–Crippen LogP) is 1.63. The maximum atomic E-state index is 12.2. The largest absolute Gasteiger partial charge is 0.362 e. The summed E-state index contributed by atoms with van der Waals surface area (Å²) in [6.07, 6.45) is 1.70. The van der Waals surface area contributed by atoms with Gasteiger partial charge in [-0.1, -0.05) is 0 Å². The number of pyridine rings is 1. The fraction of sp³-hybridized carbons (Fsp3) is 0.500. The number of aromatic nitrogens is 1. The average Bonchev–Trinajstić information content (AvgIpc) is 2.30. The molecule has 0 aromatic carbocycles. The minimum absolute atomic E-state index is 0.0433. The molecule has 0 atom stereocenters. The third kappa shape index (κ3) is 2.51. The van der Waals surface area contributed by atoms with E-state index in [1.54, 1.807) is 17.2 Å². The van der Waals surface area contributed by atoms with Gasteiger partial charge in [0.25, 0.3) is 5.91 Å². The molecule has 16 heavy (non-hydrogen) atoms. The Hall–Kier alpha value is -1.58. The van der Waals surface area contributed by atoms with Crippen molar-refractivity contribution in [3.05, 3.63) is 23.9 Å². The highest BCUT2D eigenvalue weighted by atomic mass is 16.2. The zero-order chi connectivity index (χ0) is 12.1. The van der Waals surface area contributed by atoms with Crippen molar-refractivity contribution in [1.29, 1.82) is 0 Å². The number of hydrogen-bond acceptors (Lipinski definition) is 3. The van der Waals surface area contributed by atoms with Crippen LogP contribution in [0.5, 0.6) is 0 Å². The lowest BCUT2D eigenvalue weighted by molar-refractivity contribution is 0.0773. The van der Waals surface area contributed by atoms with Crippen molar-refractivity contribution in [2.75, 3.05) is 32.1 Å². The van der Waals surface area contributed by atoms with Gasteiger partial charge < -0.3 is 9.80 Å². The van der Waals surface area contributed by atoms with Gasteiger partial charge in [-0.25, -0.2) is 4.98 Å². The molecule has 0 unspecified atom stereocenters. The van der Waals surface area contributed by atoms with Gasteiger partial charge >= 0.3 is 0 Å². The van der Waals surface area contributed by atoms with Crippen LogP contribution in [0.3, 0.4) is 0 Å². The van der Waals surface area contributed by atoms with Crippen LogP contribution in [0, 0.1) is 0 Å². The van der Waals surface area contributed by atoms with Crippen molar-refractivity contribution in [3.63, 3.8) is 0 Å². The lowest BCUT2D eigenvalue weighted by Crippen LogP contribution is -2.32. The quantitative estimate of drug-likeness (QED) is 0.775. The normalized spacial score (nSPS) is 10.0. The third-order valence-corrected chi connectivity index (χ3v) is 2.49. The van der Waals surface area contributed by atoms with Crippen LogP contribution >= 0.6 is 0 Å². The van der Waals surface area contributed by atoms with Gasteiger partial charge in [0.1, 0.15) is 5.82 Å². The summed E-state index contributed by atoms with van der Waals surface area (Å²) < 4.78 is 0. The van der Waals surface area contributed by atoms with E-state index in [4.69, 9.17) is 0 Å². The third-order valence-electron chi connectivity index (χ3n) is 2.49. The highest BCUT2D eigenvalue weighted by molar-refractivity contribution is 5.98. The Morgan fingerprint density at radius 3 is 2.44 bits per heavy atom. The Morgan fingerprint density at radius 1 is 1.31 bits per heavy atom. The van der Waals surface area contributed by atoms with Crippen molar-refractivity contribution in [3.8, 4) is 0 Å². The summed E-state index contributed by atoms with van der Waals surface area (Å²) in [6.45, 7) is 5.40. The van der Waals surface area contributed by atoms with E-state index in [2.05, 4.69) is 4.98 Å². The second kappa shape index (κ2) is 5.49. The van der Waals surface area contributed by atoms with Crippen LogP contribution in [-0.2, 0) is 0 Å². The molecule has 0 aliphatic heterocycles. The second-order valence-corrected chi connectivity index (χ2v) is 3.75. The Kier molecular flexibility index (Phi) is 4.28. The monoisotopic (exact) mass is 221 g/mol. The van der Waals surface area contributed by atoms with E-state index in [1.807, 2.05) is 38.9 Å². The molecule has 0 bridgehead atoms. The van der Waals surface area contributed by atoms with Gasteiger partial charge in [0, 0.05) is 33.4 Å². The maximum Gasteiger partial charge on any atom is 0.257 e. The Morgan fingerprint density at radius 2 is 1.94 bits per heavy atom. The van der Waals surface area contributed by atoms with Gasteiger partial charge in [0.15, 0.2) is 0 Å². The number of carbonyl (C=O) groups excluding carboxylic acids is 1. The minimum atomic E-state index is 0.0433. The molecule has 0 saturated carbocycles. The molecule has 1 heterocycles. The molecule has 0 N–H and O–H groups in total. The SMILES string of the molecule is CCN(CC)C(=O)c1cccnc1N(C)C. The van der Waals surface area contributed by atoms with Crippen molar-refractivity contribution < 1.29 is 4.79 Å². The zero-order valence-electron chi connectivity index (χ0n) is 10.4. The number of anilines is 1. The molecule has 0 aliphatic carbocycles. The Bertz CT molecular complexity index is 359. The van der Waals surface area contributed by atoms with Crippen LogP contribution in [0.25, 0.3) is 0 Å². The molecule has 1 amide bonds. The molecule has 0 radical (unpaired) electrons. The van der Waals surface area contributed by atoms with E-state index in [9.17, 15) is 4.79 Å². The Balaban J connectivity index is 3.07. The fourth-order valence-corrected chi connectivity index (χ4v) is 1.60. The first kappa shape index (κ1) is 12.5. The molecule has 0 fully saturated rings. The summed E-state index contributed by atoms with van der Waals surface area (Å²) in [4.78, 5) is 20.1. The summed E-state index contributed by atoms with van der Waals surface area (Å²) in [6, 6.07) is 3.62. The average molecular weight is 221 g/mol. The van der Waals surface area contributed by atoms with Crippen molar-refractivity contribution in [1.82, 2.24) is 9.88 Å². The summed E-state index contributed by atoms with van der Waals surface area (Å²) in [5.41, 5.74) is 0.663. The highest BCUT2D eigenvalue weighted by Gasteiger charge is 2.17. The van der Waals surface area contributed by atoms with Crippen LogP contribution in [0.4, 0.5) is 5.82 Å². The van der Waals surface area contributed by atoms with E-state index in [0.717, 1.165) is 18.9 Å². The molecular weight excluding hydrogens is 202 g/mol. The van der Waals surface area contributed by atoms with E-state index >= 15 is 0 Å². The zero-order valence-corrected chi connectivity index (χ0v) is 10.4. The smallest absolute Gasteiger partial charge is 0.257 e. The molecular formula is C12H19N3O. The first-order chi connectivity index (χ1) is 7.61. The molecule has 88 valence electrons. The number of nitrogens with zero attached hydrogens (tertiary/aromatic N) is 3. The number of carbonyl (C=O) groups is 1. The molecule has 0 aliphatic rings. The van der Waals surface area contributed by atoms with Gasteiger partial charge in [-0.05, 0) is 26.0 Å². The standard InChI is InChI=1S/C12H19N3O/c1-5-15(6-2)12(16)10-8-7-9-13-11(10)14(3)4/h7-9H,5-6H2,1-4H3. The van der Waals surface area contributed by atoms with E-state index < -0.39 is 0 Å². The molecule has 4 heteroatoms. The summed E-state index contributed by atoms with van der Waals surface area (Å²) in [5, 5.41) is 0. The van der Waals surface area contributed by atoms with E-state index in [-0.39, 0.29) is 5.91 Å². The first-order valence-corrected chi connectivity index (χ1v) is 5.53. The molecule has 1 aromatic rings. The van der Waals surface area contributed by atoms with Crippen LogP contribution in [-0.4, -0.2) is 43.0 Å². The number of rotatable bonds is 4. The van der Waals surface area contributed by atoms with Gasteiger partial charge in [0.05, 0.1) is 5.56 Å². The van der Waals surface area contributed by atoms with E-state index in [0.29, 0.717) is 5.56 Å². The topological polar surface area (TPSA) is 36.4 Å². The lowest BCUT2D eigenvalue weighted by Gasteiger charge is -2.22. The van der Waals surface area contributed by atoms with Gasteiger partial charge in [-0.2, -0.15) is 0 Å². The minimum Gasteiger partial charge on any atom is -0.362 e. The molecule has 1 rings (SSSR count). The molecule has 0 spiro atoms. The summed E-state index contributed by atoms with van der Waals surface area (Å²) in [7, 11) is 3.78. The van der Waals surface area contributed by atoms with E-state index in [1.165, 1.54) is 0 Å². The van der Waals surface area contributed by atoms with Crippen molar-refractivity contribution in [2.45, 2.75) is 13.8 Å². The molecule has 4 nitrogen and oxygen atoms in total. The van der Waals surface area contributed by atoms with Gasteiger partial charge in [-0.15, -0.1) is 0 Å². The Labute approximate surface area is 96.9 Å². The second-order valence-electron chi connectivity index (χ2n) is 3.75. The van der Waals surface area contributed by atoms with Crippen molar-refractivity contribution >= 4 is 11.7 Å². The van der Waals surface area contributed by atoms with Gasteiger partial charge in [-0.3, -0.25) is 4.79 Å². The van der Waals surface area contributed by atoms with Crippen LogP contribution in [0.1, 0.15) is 24.2 Å². The molecule has 1 aromatic heterocycles. The summed E-state index contributed by atoms with van der Waals surface area (Å²) >= 11 is 0. The first-order valence-electron chi connectivity index (χ1n) is 5.53. The van der Waals surface area contributed by atoms with Crippen LogP contribution < -0.4 is 4.90 Å². The lowest BCUT2D eigenvalue weighted by atomic mass is 10.2. The number of hydrogen-bond donors (Lipinski definition) is 0. The maximum absolute atomic E-state index is 12.2. The highest BCUT2D eigenvalue weighted by Crippen LogP contribution is 2.16. The molecule has 0 saturated heterocycles. The van der Waals surface area contributed by atoms with Crippen LogP contribution in [0.15, 0.2) is 18.3 Å². The van der Waals surface area contributed by atoms with Crippen LogP contribution in [0.2, 0.25) is 0 Å². The number of amides is 1. The van der Waals surface area contributed by atoms with Crippen molar-refractivity contribution in [2.24, 2.45) is 0 Å².